The average Bonchev–Trinajstić information content (AvgIpc) is 3.16. The number of nitrogens with one attached hydrogen (secondary N) is 2. The third-order valence-corrected chi connectivity index (χ3v) is 6.48. The van der Waals surface area contributed by atoms with E-state index in [4.69, 9.17) is 27.9 Å². The Hall–Kier alpha value is -2.75. The molecule has 2 aromatic carbocycles. The Morgan fingerprint density at radius 1 is 1.09 bits per heavy atom. The van der Waals surface area contributed by atoms with Crippen molar-refractivity contribution in [1.82, 2.24) is 20.1 Å². The van der Waals surface area contributed by atoms with Crippen molar-refractivity contribution in [2.24, 2.45) is 13.0 Å². The van der Waals surface area contributed by atoms with Crippen LogP contribution < -0.4 is 15.4 Å². The summed E-state index contributed by atoms with van der Waals surface area (Å²) in [6.07, 6.45) is 0. The lowest BCUT2D eigenvalue weighted by molar-refractivity contribution is -0.113. The third kappa shape index (κ3) is 6.43. The lowest BCUT2D eigenvalue weighted by Crippen LogP contribution is -2.33. The minimum absolute atomic E-state index is 0.0515. The SMILES string of the molecule is COc1ccc(Cl)cc1NC(=O)CSc1nnc([C@H](NC(=O)c2ccc(Cl)cc2)C(C)C)n1C. The normalized spacial score (nSPS) is 11.9. The maximum atomic E-state index is 12.7. The van der Waals surface area contributed by atoms with Crippen molar-refractivity contribution in [2.45, 2.75) is 25.0 Å². The Morgan fingerprint density at radius 3 is 2.41 bits per heavy atom. The van der Waals surface area contributed by atoms with Crippen molar-refractivity contribution in [3.63, 3.8) is 0 Å². The summed E-state index contributed by atoms with van der Waals surface area (Å²) >= 11 is 13.2. The predicted molar refractivity (Wildman–Crippen MR) is 135 cm³/mol. The molecule has 1 aromatic heterocycles. The van der Waals surface area contributed by atoms with Gasteiger partial charge in [0.1, 0.15) is 5.75 Å². The summed E-state index contributed by atoms with van der Waals surface area (Å²) in [4.78, 5) is 25.2. The molecule has 3 aromatic rings. The lowest BCUT2D eigenvalue weighted by atomic mass is 10.0. The molecule has 11 heteroatoms. The molecule has 0 unspecified atom stereocenters. The van der Waals surface area contributed by atoms with Gasteiger partial charge in [-0.15, -0.1) is 10.2 Å². The minimum Gasteiger partial charge on any atom is -0.495 e. The number of rotatable bonds is 9. The molecule has 0 saturated carbocycles. The molecule has 0 radical (unpaired) electrons. The number of hydrogen-bond donors (Lipinski definition) is 2. The van der Waals surface area contributed by atoms with E-state index in [1.165, 1.54) is 18.9 Å². The second-order valence-corrected chi connectivity index (χ2v) is 9.60. The van der Waals surface area contributed by atoms with Gasteiger partial charge in [-0.1, -0.05) is 48.8 Å². The Kier molecular flexibility index (Phi) is 8.82. The molecule has 1 atom stereocenters. The molecule has 0 bridgehead atoms. The first kappa shape index (κ1) is 25.9. The van der Waals surface area contributed by atoms with Crippen LogP contribution in [0.2, 0.25) is 10.0 Å². The van der Waals surface area contributed by atoms with Crippen LogP contribution in [0.25, 0.3) is 0 Å². The van der Waals surface area contributed by atoms with Crippen LogP contribution in [0.4, 0.5) is 5.69 Å². The topological polar surface area (TPSA) is 98.1 Å². The Labute approximate surface area is 212 Å². The molecule has 0 saturated heterocycles. The predicted octanol–water partition coefficient (Wildman–Crippen LogP) is 4.99. The number of carbonyl (C=O) groups is 2. The highest BCUT2D eigenvalue weighted by molar-refractivity contribution is 7.99. The molecule has 34 heavy (non-hydrogen) atoms. The monoisotopic (exact) mass is 521 g/mol. The first-order chi connectivity index (χ1) is 16.2. The molecule has 1 heterocycles. The number of halogens is 2. The van der Waals surface area contributed by atoms with Crippen LogP contribution in [0.5, 0.6) is 5.75 Å². The summed E-state index contributed by atoms with van der Waals surface area (Å²) in [6, 6.07) is 11.3. The number of nitrogens with zero attached hydrogens (tertiary/aromatic N) is 3. The first-order valence-corrected chi connectivity index (χ1v) is 12.2. The standard InChI is InChI=1S/C23H25Cl2N5O3S/c1-13(2)20(27-22(32)14-5-7-15(24)8-6-14)21-28-29-23(30(21)3)34-12-19(31)26-17-11-16(25)9-10-18(17)33-4/h5-11,13,20H,12H2,1-4H3,(H,26,31)(H,27,32)/t20-/m1/s1. The number of anilines is 1. The molecule has 180 valence electrons. The minimum atomic E-state index is -0.375. The van der Waals surface area contributed by atoms with Crippen LogP contribution in [0, 0.1) is 5.92 Å². The van der Waals surface area contributed by atoms with Crippen molar-refractivity contribution < 1.29 is 14.3 Å². The molecule has 0 aliphatic rings. The molecule has 2 N–H and O–H groups in total. The molecule has 8 nitrogen and oxygen atoms in total. The van der Waals surface area contributed by atoms with E-state index in [-0.39, 0.29) is 29.5 Å². The maximum absolute atomic E-state index is 12.7. The van der Waals surface area contributed by atoms with Crippen molar-refractivity contribution in [2.75, 3.05) is 18.2 Å². The van der Waals surface area contributed by atoms with Gasteiger partial charge in [0, 0.05) is 22.7 Å². The van der Waals surface area contributed by atoms with Gasteiger partial charge in [0.25, 0.3) is 5.91 Å². The van der Waals surface area contributed by atoms with Gasteiger partial charge in [-0.05, 0) is 48.4 Å². The highest BCUT2D eigenvalue weighted by atomic mass is 35.5. The van der Waals surface area contributed by atoms with E-state index >= 15 is 0 Å². The number of hydrogen-bond acceptors (Lipinski definition) is 6. The van der Waals surface area contributed by atoms with Gasteiger partial charge in [0.05, 0.1) is 24.6 Å². The highest BCUT2D eigenvalue weighted by Crippen LogP contribution is 2.29. The Bertz CT molecular complexity index is 1170. The smallest absolute Gasteiger partial charge is 0.251 e. The largest absolute Gasteiger partial charge is 0.495 e. The average molecular weight is 522 g/mol. The fourth-order valence-electron chi connectivity index (χ4n) is 3.17. The number of amides is 2. The summed E-state index contributed by atoms with van der Waals surface area (Å²) in [5, 5.41) is 15.9. The van der Waals surface area contributed by atoms with Gasteiger partial charge >= 0.3 is 0 Å². The number of carbonyl (C=O) groups excluding carboxylic acids is 2. The van der Waals surface area contributed by atoms with Crippen LogP contribution in [0.15, 0.2) is 47.6 Å². The van der Waals surface area contributed by atoms with Crippen molar-refractivity contribution in [3.05, 3.63) is 63.9 Å². The molecule has 0 aliphatic heterocycles. The molecule has 0 fully saturated rings. The van der Waals surface area contributed by atoms with Crippen molar-refractivity contribution >= 4 is 52.5 Å². The highest BCUT2D eigenvalue weighted by Gasteiger charge is 2.25. The number of ether oxygens (including phenoxy) is 1. The van der Waals surface area contributed by atoms with Crippen molar-refractivity contribution in [1.29, 1.82) is 0 Å². The molecular formula is C23H25Cl2N5O3S. The summed E-state index contributed by atoms with van der Waals surface area (Å²) in [5.41, 5.74) is 0.990. The van der Waals surface area contributed by atoms with Gasteiger partial charge in [-0.3, -0.25) is 9.59 Å². The van der Waals surface area contributed by atoms with Gasteiger partial charge in [0.2, 0.25) is 5.91 Å². The van der Waals surface area contributed by atoms with Crippen LogP contribution in [0.1, 0.15) is 36.1 Å². The summed E-state index contributed by atoms with van der Waals surface area (Å²) in [5.74, 6) is 0.784. The number of aromatic nitrogens is 3. The lowest BCUT2D eigenvalue weighted by Gasteiger charge is -2.21. The van der Waals surface area contributed by atoms with E-state index in [1.54, 1.807) is 54.1 Å². The van der Waals surface area contributed by atoms with Gasteiger partial charge in [0.15, 0.2) is 11.0 Å². The van der Waals surface area contributed by atoms with E-state index in [0.29, 0.717) is 38.0 Å². The van der Waals surface area contributed by atoms with Gasteiger partial charge in [-0.2, -0.15) is 0 Å². The Balaban J connectivity index is 1.67. The second-order valence-electron chi connectivity index (χ2n) is 7.78. The van der Waals surface area contributed by atoms with Gasteiger partial charge < -0.3 is 19.9 Å². The molecule has 2 amide bonds. The molecule has 0 aliphatic carbocycles. The third-order valence-electron chi connectivity index (χ3n) is 4.97. The summed E-state index contributed by atoms with van der Waals surface area (Å²) in [6.45, 7) is 3.97. The van der Waals surface area contributed by atoms with E-state index in [1.807, 2.05) is 13.8 Å². The number of benzene rings is 2. The zero-order valence-corrected chi connectivity index (χ0v) is 21.5. The fourth-order valence-corrected chi connectivity index (χ4v) is 4.19. The summed E-state index contributed by atoms with van der Waals surface area (Å²) < 4.78 is 7.04. The Morgan fingerprint density at radius 2 is 1.76 bits per heavy atom. The fraction of sp³-hybridized carbons (Fsp3) is 0.304. The first-order valence-electron chi connectivity index (χ1n) is 10.4. The second kappa shape index (κ2) is 11.6. The van der Waals surface area contributed by atoms with E-state index in [0.717, 1.165) is 0 Å². The number of methoxy groups -OCH3 is 1. The zero-order chi connectivity index (χ0) is 24.8. The maximum Gasteiger partial charge on any atom is 0.251 e. The zero-order valence-electron chi connectivity index (χ0n) is 19.1. The van der Waals surface area contributed by atoms with E-state index in [9.17, 15) is 9.59 Å². The summed E-state index contributed by atoms with van der Waals surface area (Å²) in [7, 11) is 3.32. The van der Waals surface area contributed by atoms with Gasteiger partial charge in [-0.25, -0.2) is 0 Å². The van der Waals surface area contributed by atoms with Crippen LogP contribution in [-0.2, 0) is 11.8 Å². The van der Waals surface area contributed by atoms with Crippen LogP contribution in [-0.4, -0.2) is 39.4 Å². The van der Waals surface area contributed by atoms with Crippen molar-refractivity contribution in [3.8, 4) is 5.75 Å². The molecule has 3 rings (SSSR count). The number of thioether (sulfide) groups is 1. The van der Waals surface area contributed by atoms with Crippen LogP contribution in [0.3, 0.4) is 0 Å². The molecule has 0 spiro atoms. The molecular weight excluding hydrogens is 497 g/mol. The van der Waals surface area contributed by atoms with E-state index < -0.39 is 0 Å². The van der Waals surface area contributed by atoms with Crippen LogP contribution >= 0.6 is 35.0 Å². The quantitative estimate of drug-likeness (QED) is 0.385. The van der Waals surface area contributed by atoms with E-state index in [2.05, 4.69) is 20.8 Å².